The van der Waals surface area contributed by atoms with Crippen molar-refractivity contribution in [1.29, 1.82) is 0 Å². The Morgan fingerprint density at radius 1 is 1.03 bits per heavy atom. The van der Waals surface area contributed by atoms with Crippen molar-refractivity contribution in [2.75, 3.05) is 0 Å². The van der Waals surface area contributed by atoms with Gasteiger partial charge in [-0.3, -0.25) is 4.52 Å². The van der Waals surface area contributed by atoms with Crippen molar-refractivity contribution in [3.63, 3.8) is 0 Å². The maximum absolute atomic E-state index is 10.1. The zero-order valence-corrected chi connectivity index (χ0v) is 20.5. The summed E-state index contributed by atoms with van der Waals surface area (Å²) in [6, 6.07) is 8.35. The summed E-state index contributed by atoms with van der Waals surface area (Å²) < 4.78 is 19.5. The summed E-state index contributed by atoms with van der Waals surface area (Å²) >= 11 is 0. The Morgan fingerprint density at radius 3 is 2.48 bits per heavy atom. The van der Waals surface area contributed by atoms with E-state index in [9.17, 15) is 5.11 Å². The molecule has 1 saturated carbocycles. The van der Waals surface area contributed by atoms with E-state index in [4.69, 9.17) is 12.9 Å². The molecule has 4 unspecified atom stereocenters. The van der Waals surface area contributed by atoms with Crippen LogP contribution in [0.15, 0.2) is 32.7 Å². The number of fused-ring (bicyclic) bond motifs is 3. The third-order valence-electron chi connectivity index (χ3n) is 6.89. The Kier molecular flexibility index (Phi) is 6.53. The Bertz CT molecular complexity index is 1130. The summed E-state index contributed by atoms with van der Waals surface area (Å²) in [6.07, 6.45) is 3.58. The highest BCUT2D eigenvalue weighted by Gasteiger charge is 2.33. The number of aryl methyl sites for hydroxylation is 3. The Labute approximate surface area is 186 Å². The van der Waals surface area contributed by atoms with Gasteiger partial charge in [-0.25, -0.2) is 0 Å². The lowest BCUT2D eigenvalue weighted by atomic mass is 9.75. The zero-order chi connectivity index (χ0) is 22.3. The molecule has 2 aromatic carbocycles. The van der Waals surface area contributed by atoms with E-state index in [-0.39, 0.29) is 12.7 Å². The van der Waals surface area contributed by atoms with Crippen LogP contribution in [-0.4, -0.2) is 11.2 Å². The quantitative estimate of drug-likeness (QED) is 0.452. The van der Waals surface area contributed by atoms with Gasteiger partial charge in [0.25, 0.3) is 0 Å². The average Bonchev–Trinajstić information content (AvgIpc) is 2.84. The fourth-order valence-electron chi connectivity index (χ4n) is 4.91. The Morgan fingerprint density at radius 2 is 1.77 bits per heavy atom. The van der Waals surface area contributed by atoms with Crippen molar-refractivity contribution in [2.24, 2.45) is 17.8 Å². The van der Waals surface area contributed by atoms with Gasteiger partial charge in [-0.15, -0.1) is 0 Å². The molecule has 5 heteroatoms. The predicted molar refractivity (Wildman–Crippen MR) is 128 cm³/mol. The lowest BCUT2D eigenvalue weighted by molar-refractivity contribution is 0.0746. The molecule has 1 aliphatic carbocycles. The first-order valence-corrected chi connectivity index (χ1v) is 12.5. The fourth-order valence-corrected chi connectivity index (χ4v) is 6.18. The van der Waals surface area contributed by atoms with Crippen molar-refractivity contribution in [3.8, 4) is 0 Å². The molecule has 1 aromatic heterocycles. The fraction of sp³-hybridized carbons (Fsp3) is 0.538. The van der Waals surface area contributed by atoms with E-state index in [0.29, 0.717) is 23.3 Å². The van der Waals surface area contributed by atoms with Gasteiger partial charge < -0.3 is 13.5 Å². The summed E-state index contributed by atoms with van der Waals surface area (Å²) in [5.41, 5.74) is 5.73. The second-order valence-corrected chi connectivity index (χ2v) is 10.8. The lowest BCUT2D eigenvalue weighted by Gasteiger charge is -2.35. The molecule has 31 heavy (non-hydrogen) atoms. The number of hydrogen-bond acceptors (Lipinski definition) is 4. The van der Waals surface area contributed by atoms with Crippen LogP contribution in [-0.2, 0) is 6.61 Å². The maximum Gasteiger partial charge on any atom is 0.387 e. The number of benzene rings is 2. The first-order chi connectivity index (χ1) is 14.8. The minimum absolute atomic E-state index is 0.0809. The summed E-state index contributed by atoms with van der Waals surface area (Å²) in [5.74, 6) is 1.70. The largest absolute Gasteiger partial charge is 0.399 e. The molecule has 0 radical (unpaired) electrons. The molecule has 0 bridgehead atoms. The molecule has 0 spiro atoms. The molecule has 3 aromatic rings. The first-order valence-electron chi connectivity index (χ1n) is 11.5. The highest BCUT2D eigenvalue weighted by Crippen LogP contribution is 2.41. The highest BCUT2D eigenvalue weighted by atomic mass is 31.1. The summed E-state index contributed by atoms with van der Waals surface area (Å²) in [5, 5.41) is 12.0. The topological polar surface area (TPSA) is 55.7 Å². The molecule has 1 aliphatic rings. The first kappa shape index (κ1) is 22.5. The van der Waals surface area contributed by atoms with Crippen LogP contribution in [0.2, 0.25) is 0 Å². The molecule has 0 aliphatic heterocycles. The third-order valence-corrected chi connectivity index (χ3v) is 8.01. The SMILES string of the molecule is Cc1cc(CO)c2op(OC3CC(C)CCC3C(C)C)oc3cc(C)c(C)cc3c2c1. The van der Waals surface area contributed by atoms with Gasteiger partial charge in [-0.2, -0.15) is 0 Å². The van der Waals surface area contributed by atoms with Crippen molar-refractivity contribution >= 4 is 30.2 Å². The molecule has 4 rings (SSSR count). The molecular formula is C26H35O4P. The van der Waals surface area contributed by atoms with Crippen LogP contribution in [0.25, 0.3) is 21.9 Å². The van der Waals surface area contributed by atoms with Gasteiger partial charge in [-0.05, 0) is 92.3 Å². The van der Waals surface area contributed by atoms with Crippen LogP contribution in [0.3, 0.4) is 0 Å². The van der Waals surface area contributed by atoms with Crippen molar-refractivity contribution < 1.29 is 18.0 Å². The second kappa shape index (κ2) is 9.02. The van der Waals surface area contributed by atoms with Gasteiger partial charge in [0, 0.05) is 16.3 Å². The van der Waals surface area contributed by atoms with Crippen LogP contribution >= 0.6 is 8.24 Å². The maximum atomic E-state index is 10.1. The highest BCUT2D eigenvalue weighted by molar-refractivity contribution is 7.31. The van der Waals surface area contributed by atoms with E-state index in [0.717, 1.165) is 33.9 Å². The van der Waals surface area contributed by atoms with Gasteiger partial charge in [-0.1, -0.05) is 27.2 Å². The molecular weight excluding hydrogens is 407 g/mol. The normalized spacial score (nSPS) is 22.5. The van der Waals surface area contributed by atoms with E-state index in [1.165, 1.54) is 24.0 Å². The van der Waals surface area contributed by atoms with E-state index >= 15 is 0 Å². The molecule has 1 heterocycles. The van der Waals surface area contributed by atoms with Crippen LogP contribution in [0.4, 0.5) is 0 Å². The summed E-state index contributed by atoms with van der Waals surface area (Å²) in [7, 11) is -1.63. The standard InChI is InChI=1S/C26H35O4P/c1-15(2)21-8-7-16(3)11-24(21)28-31-29-25-13-19(6)18(5)12-22(25)23-10-17(4)9-20(14-27)26(23)30-31/h9-10,12-13,15-16,21,24,27H,7-8,11,14H2,1-6H3. The van der Waals surface area contributed by atoms with Crippen LogP contribution in [0.5, 0.6) is 0 Å². The van der Waals surface area contributed by atoms with Gasteiger partial charge in [0.1, 0.15) is 11.2 Å². The van der Waals surface area contributed by atoms with Crippen LogP contribution in [0, 0.1) is 38.5 Å². The van der Waals surface area contributed by atoms with E-state index < -0.39 is 8.24 Å². The molecule has 1 fully saturated rings. The molecule has 0 amide bonds. The van der Waals surface area contributed by atoms with Crippen molar-refractivity contribution in [1.82, 2.24) is 0 Å². The number of aliphatic hydroxyl groups is 1. The predicted octanol–water partition coefficient (Wildman–Crippen LogP) is 7.60. The van der Waals surface area contributed by atoms with Gasteiger partial charge in [0.05, 0.1) is 12.7 Å². The molecule has 0 saturated heterocycles. The summed E-state index contributed by atoms with van der Waals surface area (Å²) in [6.45, 7) is 13.0. The number of aliphatic hydroxyl groups excluding tert-OH is 1. The van der Waals surface area contributed by atoms with Crippen LogP contribution < -0.4 is 4.52 Å². The average molecular weight is 443 g/mol. The monoisotopic (exact) mass is 442 g/mol. The van der Waals surface area contributed by atoms with E-state index in [1.54, 1.807) is 0 Å². The lowest BCUT2D eigenvalue weighted by Crippen LogP contribution is -2.35. The number of hydrogen-bond donors (Lipinski definition) is 1. The van der Waals surface area contributed by atoms with Gasteiger partial charge in [0.15, 0.2) is 0 Å². The minimum Gasteiger partial charge on any atom is -0.399 e. The van der Waals surface area contributed by atoms with E-state index in [1.807, 2.05) is 13.0 Å². The zero-order valence-electron chi connectivity index (χ0n) is 19.6. The third kappa shape index (κ3) is 4.58. The minimum atomic E-state index is -1.63. The molecule has 1 N–H and O–H groups in total. The smallest absolute Gasteiger partial charge is 0.387 e. The van der Waals surface area contributed by atoms with Gasteiger partial charge in [0.2, 0.25) is 0 Å². The Hall–Kier alpha value is -1.74. The summed E-state index contributed by atoms with van der Waals surface area (Å²) in [4.78, 5) is 0. The van der Waals surface area contributed by atoms with Gasteiger partial charge >= 0.3 is 8.24 Å². The molecule has 4 nitrogen and oxygen atoms in total. The second-order valence-electron chi connectivity index (χ2n) is 9.77. The van der Waals surface area contributed by atoms with Crippen molar-refractivity contribution in [3.05, 3.63) is 46.5 Å². The Balaban J connectivity index is 1.94. The van der Waals surface area contributed by atoms with E-state index in [2.05, 4.69) is 52.8 Å². The van der Waals surface area contributed by atoms with Crippen LogP contribution in [0.1, 0.15) is 62.3 Å². The molecule has 4 atom stereocenters. The van der Waals surface area contributed by atoms with Crippen molar-refractivity contribution in [2.45, 2.75) is 73.5 Å². The number of rotatable bonds is 4. The molecule has 168 valence electrons.